The lowest BCUT2D eigenvalue weighted by Crippen LogP contribution is -2.29. The summed E-state index contributed by atoms with van der Waals surface area (Å²) in [6.07, 6.45) is 0. The lowest BCUT2D eigenvalue weighted by Gasteiger charge is -2.26. The van der Waals surface area contributed by atoms with E-state index in [4.69, 9.17) is 25.8 Å². The van der Waals surface area contributed by atoms with E-state index in [1.807, 2.05) is 43.3 Å². The zero-order valence-electron chi connectivity index (χ0n) is 20.4. The maximum atomic E-state index is 13.4. The zero-order chi connectivity index (χ0) is 26.0. The lowest BCUT2D eigenvalue weighted by atomic mass is 9.94. The quantitative estimate of drug-likeness (QED) is 0.265. The van der Waals surface area contributed by atoms with E-state index in [-0.39, 0.29) is 34.2 Å². The molecule has 7 nitrogen and oxygen atoms in total. The van der Waals surface area contributed by atoms with Gasteiger partial charge in [0.2, 0.25) is 0 Å². The summed E-state index contributed by atoms with van der Waals surface area (Å²) in [4.78, 5) is 28.1. The second-order valence-electron chi connectivity index (χ2n) is 8.38. The molecule has 3 aromatic rings. The van der Waals surface area contributed by atoms with Crippen molar-refractivity contribution in [2.75, 3.05) is 21.3 Å². The Morgan fingerprint density at radius 2 is 1.64 bits per heavy atom. The Kier molecular flexibility index (Phi) is 7.22. The highest BCUT2D eigenvalue weighted by atomic mass is 35.5. The first-order valence-electron chi connectivity index (χ1n) is 11.2. The molecule has 0 spiro atoms. The number of aliphatic hydroxyl groups excluding tert-OH is 1. The molecule has 1 unspecified atom stereocenters. The van der Waals surface area contributed by atoms with E-state index in [2.05, 4.69) is 0 Å². The van der Waals surface area contributed by atoms with Crippen LogP contribution in [-0.4, -0.2) is 43.0 Å². The second-order valence-corrected chi connectivity index (χ2v) is 8.78. The molecule has 8 heteroatoms. The summed E-state index contributed by atoms with van der Waals surface area (Å²) in [5.41, 5.74) is 2.60. The Bertz CT molecular complexity index is 1350. The van der Waals surface area contributed by atoms with Crippen molar-refractivity contribution in [2.45, 2.75) is 19.5 Å². The standard InChI is InChI=1S/C28H26ClNO6/c1-16-6-5-7-18(12-16)25-24(26(31)20-13-21(29)23(36-4)14-22(20)35-3)27(32)28(33)30(25)15-17-8-10-19(34-2)11-9-17/h5-14,25,31H,15H2,1-4H3/b26-24+. The number of amides is 1. The molecule has 1 atom stereocenters. The number of methoxy groups -OCH3 is 3. The summed E-state index contributed by atoms with van der Waals surface area (Å²) < 4.78 is 15.9. The van der Waals surface area contributed by atoms with E-state index in [1.165, 1.54) is 31.3 Å². The molecular weight excluding hydrogens is 482 g/mol. The van der Waals surface area contributed by atoms with E-state index in [0.29, 0.717) is 17.1 Å². The van der Waals surface area contributed by atoms with E-state index in [1.54, 1.807) is 19.2 Å². The predicted molar refractivity (Wildman–Crippen MR) is 137 cm³/mol. The van der Waals surface area contributed by atoms with Gasteiger partial charge in [-0.05, 0) is 36.2 Å². The highest BCUT2D eigenvalue weighted by molar-refractivity contribution is 6.46. The molecule has 1 aliphatic rings. The minimum Gasteiger partial charge on any atom is -0.507 e. The van der Waals surface area contributed by atoms with Crippen LogP contribution in [0.5, 0.6) is 17.2 Å². The number of carbonyl (C=O) groups excluding carboxylic acids is 2. The van der Waals surface area contributed by atoms with Gasteiger partial charge < -0.3 is 24.2 Å². The predicted octanol–water partition coefficient (Wildman–Crippen LogP) is 5.30. The number of benzene rings is 3. The Hall–Kier alpha value is -3.97. The second kappa shape index (κ2) is 10.3. The van der Waals surface area contributed by atoms with Gasteiger partial charge in [-0.15, -0.1) is 0 Å². The summed E-state index contributed by atoms with van der Waals surface area (Å²) >= 11 is 6.32. The number of ketones is 1. The third-order valence-corrected chi connectivity index (χ3v) is 6.43. The Morgan fingerprint density at radius 1 is 0.944 bits per heavy atom. The summed E-state index contributed by atoms with van der Waals surface area (Å²) in [6, 6.07) is 16.9. The van der Waals surface area contributed by atoms with Crippen LogP contribution < -0.4 is 14.2 Å². The Balaban J connectivity index is 1.89. The Morgan fingerprint density at radius 3 is 2.25 bits per heavy atom. The van der Waals surface area contributed by atoms with Crippen molar-refractivity contribution >= 4 is 29.1 Å². The maximum absolute atomic E-state index is 13.4. The van der Waals surface area contributed by atoms with Crippen molar-refractivity contribution in [2.24, 2.45) is 0 Å². The summed E-state index contributed by atoms with van der Waals surface area (Å²) in [7, 11) is 4.47. The zero-order valence-corrected chi connectivity index (χ0v) is 21.1. The van der Waals surface area contributed by atoms with Crippen LogP contribution in [0.2, 0.25) is 5.02 Å². The molecule has 36 heavy (non-hydrogen) atoms. The number of ether oxygens (including phenoxy) is 3. The number of rotatable bonds is 7. The van der Waals surface area contributed by atoms with Crippen LogP contribution >= 0.6 is 11.6 Å². The van der Waals surface area contributed by atoms with Gasteiger partial charge in [-0.1, -0.05) is 53.6 Å². The fraction of sp³-hybridized carbons (Fsp3) is 0.214. The number of likely N-dealkylation sites (tertiary alicyclic amines) is 1. The highest BCUT2D eigenvalue weighted by Crippen LogP contribution is 2.43. The molecule has 1 saturated heterocycles. The average Bonchev–Trinajstić information content (AvgIpc) is 3.13. The number of halogens is 1. The molecule has 0 aliphatic carbocycles. The van der Waals surface area contributed by atoms with Crippen LogP contribution in [0.4, 0.5) is 0 Å². The summed E-state index contributed by atoms with van der Waals surface area (Å²) in [5.74, 6) is -0.602. The molecule has 1 aliphatic heterocycles. The Labute approximate surface area is 214 Å². The minimum absolute atomic E-state index is 0.0429. The van der Waals surface area contributed by atoms with E-state index in [0.717, 1.165) is 11.1 Å². The summed E-state index contributed by atoms with van der Waals surface area (Å²) in [5, 5.41) is 11.7. The largest absolute Gasteiger partial charge is 0.507 e. The van der Waals surface area contributed by atoms with Crippen LogP contribution in [0.3, 0.4) is 0 Å². The normalized spacial score (nSPS) is 16.8. The first kappa shape index (κ1) is 25.1. The van der Waals surface area contributed by atoms with Gasteiger partial charge in [-0.3, -0.25) is 9.59 Å². The van der Waals surface area contributed by atoms with Crippen LogP contribution in [0.25, 0.3) is 5.76 Å². The molecule has 3 aromatic carbocycles. The molecule has 0 radical (unpaired) electrons. The number of carbonyl (C=O) groups is 2. The van der Waals surface area contributed by atoms with Crippen molar-refractivity contribution in [3.05, 3.63) is 93.5 Å². The van der Waals surface area contributed by atoms with Gasteiger partial charge in [-0.25, -0.2) is 0 Å². The van der Waals surface area contributed by atoms with Gasteiger partial charge in [0.05, 0.1) is 43.5 Å². The number of Topliss-reactive ketones (excluding diaryl/α,β-unsaturated/α-hetero) is 1. The molecule has 0 bridgehead atoms. The molecule has 186 valence electrons. The maximum Gasteiger partial charge on any atom is 0.295 e. The first-order valence-corrected chi connectivity index (χ1v) is 11.6. The van der Waals surface area contributed by atoms with Gasteiger partial charge in [0.25, 0.3) is 11.7 Å². The van der Waals surface area contributed by atoms with Gasteiger partial charge in [0, 0.05) is 12.6 Å². The van der Waals surface area contributed by atoms with Gasteiger partial charge in [-0.2, -0.15) is 0 Å². The van der Waals surface area contributed by atoms with Gasteiger partial charge in [0.1, 0.15) is 23.0 Å². The number of nitrogens with zero attached hydrogens (tertiary/aromatic N) is 1. The lowest BCUT2D eigenvalue weighted by molar-refractivity contribution is -0.140. The van der Waals surface area contributed by atoms with Crippen molar-refractivity contribution < 1.29 is 28.9 Å². The highest BCUT2D eigenvalue weighted by Gasteiger charge is 2.46. The number of aliphatic hydroxyl groups is 1. The van der Waals surface area contributed by atoms with Crippen LogP contribution in [-0.2, 0) is 16.1 Å². The minimum atomic E-state index is -0.822. The molecule has 1 amide bonds. The van der Waals surface area contributed by atoms with Crippen molar-refractivity contribution in [1.82, 2.24) is 4.90 Å². The van der Waals surface area contributed by atoms with Gasteiger partial charge >= 0.3 is 0 Å². The van der Waals surface area contributed by atoms with Gasteiger partial charge in [0.15, 0.2) is 0 Å². The third-order valence-electron chi connectivity index (χ3n) is 6.14. The molecular formula is C28H26ClNO6. The van der Waals surface area contributed by atoms with E-state index in [9.17, 15) is 14.7 Å². The average molecular weight is 508 g/mol. The van der Waals surface area contributed by atoms with Crippen LogP contribution in [0.15, 0.2) is 66.2 Å². The van der Waals surface area contributed by atoms with Crippen LogP contribution in [0, 0.1) is 6.92 Å². The molecule has 1 fully saturated rings. The topological polar surface area (TPSA) is 85.3 Å². The van der Waals surface area contributed by atoms with E-state index >= 15 is 0 Å². The first-order chi connectivity index (χ1) is 17.3. The number of hydrogen-bond acceptors (Lipinski definition) is 6. The van der Waals surface area contributed by atoms with Crippen molar-refractivity contribution in [1.29, 1.82) is 0 Å². The third kappa shape index (κ3) is 4.62. The smallest absolute Gasteiger partial charge is 0.295 e. The van der Waals surface area contributed by atoms with Crippen molar-refractivity contribution in [3.63, 3.8) is 0 Å². The number of aryl methyl sites for hydroxylation is 1. The molecule has 0 aromatic heterocycles. The molecule has 1 N–H and O–H groups in total. The molecule has 0 saturated carbocycles. The molecule has 4 rings (SSSR count). The van der Waals surface area contributed by atoms with E-state index < -0.39 is 17.7 Å². The van der Waals surface area contributed by atoms with Crippen molar-refractivity contribution in [3.8, 4) is 17.2 Å². The summed E-state index contributed by atoms with van der Waals surface area (Å²) in [6.45, 7) is 2.08. The fourth-order valence-electron chi connectivity index (χ4n) is 4.35. The molecule has 1 heterocycles. The SMILES string of the molecule is COc1ccc(CN2C(=O)C(=O)/C(=C(/O)c3cc(Cl)c(OC)cc3OC)C2c2cccc(C)c2)cc1. The monoisotopic (exact) mass is 507 g/mol. The van der Waals surface area contributed by atoms with Crippen LogP contribution in [0.1, 0.15) is 28.3 Å². The fourth-order valence-corrected chi connectivity index (χ4v) is 4.59. The number of hydrogen-bond donors (Lipinski definition) is 1.